The maximum absolute atomic E-state index is 13.1. The van der Waals surface area contributed by atoms with E-state index < -0.39 is 0 Å². The molecule has 0 amide bonds. The first kappa shape index (κ1) is 24.1. The second kappa shape index (κ2) is 9.88. The number of phenolic OH excluding ortho intramolecular Hbond substituents is 1. The Labute approximate surface area is 224 Å². The molecule has 0 saturated heterocycles. The number of hydrogen-bond donors (Lipinski definition) is 1. The lowest BCUT2D eigenvalue weighted by molar-refractivity contribution is 0.101. The molecule has 1 N–H and O–H groups in total. The lowest BCUT2D eigenvalue weighted by atomic mass is 9.97. The average Bonchev–Trinajstić information content (AvgIpc) is 3.14. The summed E-state index contributed by atoms with van der Waals surface area (Å²) >= 11 is 1.76. The zero-order chi connectivity index (χ0) is 26.2. The number of para-hydroxylation sites is 1. The zero-order valence-corrected chi connectivity index (χ0v) is 21.8. The van der Waals surface area contributed by atoms with Gasteiger partial charge in [-0.25, -0.2) is 0 Å². The lowest BCUT2D eigenvalue weighted by Gasteiger charge is -2.17. The molecule has 188 valence electrons. The number of nitrogens with zero attached hydrogens (tertiary/aromatic N) is 1. The average molecular weight is 520 g/mol. The van der Waals surface area contributed by atoms with Crippen LogP contribution in [0.4, 0.5) is 5.69 Å². The molecule has 4 aromatic carbocycles. The monoisotopic (exact) mass is 519 g/mol. The molecule has 6 heteroatoms. The predicted molar refractivity (Wildman–Crippen MR) is 151 cm³/mol. The van der Waals surface area contributed by atoms with E-state index in [2.05, 4.69) is 18.2 Å². The van der Waals surface area contributed by atoms with Gasteiger partial charge in [0.1, 0.15) is 17.1 Å². The molecule has 0 bridgehead atoms. The van der Waals surface area contributed by atoms with Crippen LogP contribution in [0.1, 0.15) is 44.5 Å². The van der Waals surface area contributed by atoms with Gasteiger partial charge >= 0.3 is 0 Å². The summed E-state index contributed by atoms with van der Waals surface area (Å²) in [7, 11) is 1.66. The van der Waals surface area contributed by atoms with E-state index in [0.29, 0.717) is 23.1 Å². The summed E-state index contributed by atoms with van der Waals surface area (Å²) in [5.74, 6) is 0.974. The lowest BCUT2D eigenvalue weighted by Crippen LogP contribution is -2.06. The summed E-state index contributed by atoms with van der Waals surface area (Å²) in [5.41, 5.74) is 5.20. The van der Waals surface area contributed by atoms with Gasteiger partial charge in [0.15, 0.2) is 5.76 Å². The fourth-order valence-corrected chi connectivity index (χ4v) is 6.04. The van der Waals surface area contributed by atoms with Crippen molar-refractivity contribution in [2.24, 2.45) is 4.99 Å². The van der Waals surface area contributed by atoms with Gasteiger partial charge < -0.3 is 14.3 Å². The summed E-state index contributed by atoms with van der Waals surface area (Å²) in [6, 6.07) is 28.7. The quantitative estimate of drug-likeness (QED) is 0.238. The van der Waals surface area contributed by atoms with Gasteiger partial charge in [-0.15, -0.1) is 11.8 Å². The number of ether oxygens (including phenoxy) is 1. The number of thioether (sulfide) groups is 1. The van der Waals surface area contributed by atoms with Crippen LogP contribution in [-0.4, -0.2) is 23.7 Å². The molecule has 0 fully saturated rings. The number of ketones is 1. The largest absolute Gasteiger partial charge is 0.507 e. The van der Waals surface area contributed by atoms with Gasteiger partial charge in [0.2, 0.25) is 5.78 Å². The predicted octanol–water partition coefficient (Wildman–Crippen LogP) is 8.04. The highest BCUT2D eigenvalue weighted by atomic mass is 32.2. The molecule has 5 nitrogen and oxygen atoms in total. The van der Waals surface area contributed by atoms with Crippen LogP contribution in [-0.2, 0) is 0 Å². The Morgan fingerprint density at radius 1 is 1.00 bits per heavy atom. The number of methoxy groups -OCH3 is 1. The number of aromatic hydroxyl groups is 1. The highest BCUT2D eigenvalue weighted by Gasteiger charge is 2.26. The van der Waals surface area contributed by atoms with E-state index in [1.807, 2.05) is 61.5 Å². The Bertz CT molecular complexity index is 1690. The zero-order valence-electron chi connectivity index (χ0n) is 21.0. The minimum atomic E-state index is -0.183. The molecular formula is C32H25NO4S. The maximum atomic E-state index is 13.1. The van der Waals surface area contributed by atoms with E-state index in [4.69, 9.17) is 14.1 Å². The summed E-state index contributed by atoms with van der Waals surface area (Å²) < 4.78 is 11.3. The molecule has 1 aliphatic rings. The van der Waals surface area contributed by atoms with Gasteiger partial charge in [-0.3, -0.25) is 9.79 Å². The van der Waals surface area contributed by atoms with Crippen molar-refractivity contribution in [2.75, 3.05) is 7.11 Å². The highest BCUT2D eigenvalue weighted by molar-refractivity contribution is 7.99. The summed E-state index contributed by atoms with van der Waals surface area (Å²) in [5, 5.41) is 12.0. The number of carbonyl (C=O) groups is 1. The fraction of sp³-hybridized carbons (Fsp3) is 0.125. The number of furan rings is 1. The first-order valence-corrected chi connectivity index (χ1v) is 13.2. The number of rotatable bonds is 5. The fourth-order valence-electron chi connectivity index (χ4n) is 4.81. The first-order valence-electron chi connectivity index (χ1n) is 12.3. The topological polar surface area (TPSA) is 72.0 Å². The van der Waals surface area contributed by atoms with Crippen LogP contribution in [0.3, 0.4) is 0 Å². The third-order valence-corrected chi connectivity index (χ3v) is 8.19. The van der Waals surface area contributed by atoms with Crippen molar-refractivity contribution in [1.82, 2.24) is 0 Å². The minimum absolute atomic E-state index is 0.0709. The first-order chi connectivity index (χ1) is 18.5. The van der Waals surface area contributed by atoms with E-state index in [1.165, 1.54) is 0 Å². The van der Waals surface area contributed by atoms with Crippen LogP contribution >= 0.6 is 11.8 Å². The van der Waals surface area contributed by atoms with Crippen molar-refractivity contribution in [1.29, 1.82) is 0 Å². The molecule has 38 heavy (non-hydrogen) atoms. The van der Waals surface area contributed by atoms with Crippen LogP contribution in [0.5, 0.6) is 11.5 Å². The van der Waals surface area contributed by atoms with Crippen molar-refractivity contribution in [3.63, 3.8) is 0 Å². The van der Waals surface area contributed by atoms with E-state index in [9.17, 15) is 9.90 Å². The number of aliphatic imine (C=N–C) groups is 1. The van der Waals surface area contributed by atoms with Gasteiger partial charge in [-0.1, -0.05) is 54.6 Å². The molecule has 0 radical (unpaired) electrons. The Morgan fingerprint density at radius 2 is 1.74 bits per heavy atom. The molecule has 1 unspecified atom stereocenters. The number of phenols is 1. The number of benzene rings is 4. The minimum Gasteiger partial charge on any atom is -0.507 e. The number of carbonyl (C=O) groups excluding carboxylic acids is 1. The van der Waals surface area contributed by atoms with E-state index in [1.54, 1.807) is 37.1 Å². The molecule has 1 atom stereocenters. The third-order valence-electron chi connectivity index (χ3n) is 6.86. The SMILES string of the molecule is COc1ccc(C2CC(c3cc4c(C)c(C(=O)c5ccccc5)oc4cc3O)=Nc3ccccc3S2)cc1. The number of fused-ring (bicyclic) bond motifs is 2. The van der Waals surface area contributed by atoms with E-state index >= 15 is 0 Å². The molecule has 0 spiro atoms. The van der Waals surface area contributed by atoms with Gasteiger partial charge in [-0.05, 0) is 42.8 Å². The molecule has 1 aliphatic heterocycles. The summed E-state index contributed by atoms with van der Waals surface area (Å²) in [6.07, 6.45) is 0.609. The van der Waals surface area contributed by atoms with Crippen LogP contribution in [0.15, 0.2) is 105 Å². The van der Waals surface area contributed by atoms with Crippen molar-refractivity contribution in [2.45, 2.75) is 23.5 Å². The number of hydrogen-bond acceptors (Lipinski definition) is 6. The molecule has 0 saturated carbocycles. The second-order valence-electron chi connectivity index (χ2n) is 9.23. The van der Waals surface area contributed by atoms with Crippen LogP contribution in [0.2, 0.25) is 0 Å². The molecular weight excluding hydrogens is 494 g/mol. The van der Waals surface area contributed by atoms with Gasteiger partial charge in [0.05, 0.1) is 18.5 Å². The Kier molecular flexibility index (Phi) is 6.26. The van der Waals surface area contributed by atoms with Gasteiger partial charge in [-0.2, -0.15) is 0 Å². The standard InChI is InChI=1S/C32H25NO4S/c1-19-23-16-24(27(34)18-28(23)37-32(19)31(35)21-8-4-3-5-9-21)26-17-30(20-12-14-22(36-2)15-13-20)38-29-11-7-6-10-25(29)33-26/h3-16,18,30,34H,17H2,1-2H3. The smallest absolute Gasteiger partial charge is 0.228 e. The summed E-state index contributed by atoms with van der Waals surface area (Å²) in [6.45, 7) is 1.88. The van der Waals surface area contributed by atoms with Gasteiger partial charge in [0.25, 0.3) is 0 Å². The molecule has 2 heterocycles. The van der Waals surface area contributed by atoms with Gasteiger partial charge in [0, 0.05) is 44.7 Å². The normalized spacial score (nSPS) is 15.0. The third kappa shape index (κ3) is 4.37. The molecule has 5 aromatic rings. The Balaban J connectivity index is 1.45. The van der Waals surface area contributed by atoms with Crippen molar-refractivity contribution in [3.8, 4) is 11.5 Å². The van der Waals surface area contributed by atoms with E-state index in [0.717, 1.165) is 38.6 Å². The van der Waals surface area contributed by atoms with Crippen LogP contribution < -0.4 is 4.74 Å². The maximum Gasteiger partial charge on any atom is 0.228 e. The highest BCUT2D eigenvalue weighted by Crippen LogP contribution is 2.46. The number of aryl methyl sites for hydroxylation is 1. The van der Waals surface area contributed by atoms with Crippen molar-refractivity contribution >= 4 is 39.9 Å². The van der Waals surface area contributed by atoms with Crippen LogP contribution in [0, 0.1) is 6.92 Å². The molecule has 1 aromatic heterocycles. The summed E-state index contributed by atoms with van der Waals surface area (Å²) in [4.78, 5) is 19.2. The van der Waals surface area contributed by atoms with Crippen molar-refractivity contribution in [3.05, 3.63) is 119 Å². The Hall–Kier alpha value is -4.29. The molecule has 0 aliphatic carbocycles. The van der Waals surface area contributed by atoms with E-state index in [-0.39, 0.29) is 22.5 Å². The van der Waals surface area contributed by atoms with Crippen molar-refractivity contribution < 1.29 is 19.1 Å². The molecule has 6 rings (SSSR count). The Morgan fingerprint density at radius 3 is 2.50 bits per heavy atom. The second-order valence-corrected chi connectivity index (χ2v) is 10.5. The van der Waals surface area contributed by atoms with Crippen LogP contribution in [0.25, 0.3) is 11.0 Å².